The number of methoxy groups -OCH3 is 1. The van der Waals surface area contributed by atoms with E-state index in [2.05, 4.69) is 11.8 Å². The van der Waals surface area contributed by atoms with Crippen molar-refractivity contribution in [2.24, 2.45) is 0 Å². The van der Waals surface area contributed by atoms with E-state index in [1.54, 1.807) is 18.9 Å². The van der Waals surface area contributed by atoms with E-state index in [0.717, 1.165) is 49.7 Å². The summed E-state index contributed by atoms with van der Waals surface area (Å²) in [6, 6.07) is 15.0. The summed E-state index contributed by atoms with van der Waals surface area (Å²) in [5, 5.41) is 0. The van der Waals surface area contributed by atoms with Crippen LogP contribution in [0.15, 0.2) is 48.5 Å². The van der Waals surface area contributed by atoms with Gasteiger partial charge < -0.3 is 14.5 Å². The summed E-state index contributed by atoms with van der Waals surface area (Å²) in [5.41, 5.74) is 2.47. The van der Waals surface area contributed by atoms with Crippen LogP contribution in [0.2, 0.25) is 0 Å². The van der Waals surface area contributed by atoms with E-state index >= 15 is 0 Å². The third kappa shape index (κ3) is 5.15. The minimum Gasteiger partial charge on any atom is -0.497 e. The molecular weight excluding hydrogens is 366 g/mol. The van der Waals surface area contributed by atoms with Crippen LogP contribution in [0.3, 0.4) is 0 Å². The zero-order valence-electron chi connectivity index (χ0n) is 17.4. The molecular formula is C23H29N3O3. The van der Waals surface area contributed by atoms with Crippen molar-refractivity contribution in [2.45, 2.75) is 20.4 Å². The lowest BCUT2D eigenvalue weighted by Gasteiger charge is -2.37. The maximum atomic E-state index is 13.4. The maximum Gasteiger partial charge on any atom is 0.324 e. The molecule has 1 saturated heterocycles. The number of Topliss-reactive ketones (excluding diaryl/α,β-unsaturated/α-hetero) is 1. The number of hydrogen-bond acceptors (Lipinski definition) is 4. The van der Waals surface area contributed by atoms with E-state index < -0.39 is 0 Å². The van der Waals surface area contributed by atoms with Gasteiger partial charge in [0.15, 0.2) is 5.78 Å². The summed E-state index contributed by atoms with van der Waals surface area (Å²) in [4.78, 5) is 31.0. The Kier molecular flexibility index (Phi) is 6.88. The van der Waals surface area contributed by atoms with Gasteiger partial charge in [-0.1, -0.05) is 31.2 Å². The van der Waals surface area contributed by atoms with Gasteiger partial charge in [-0.05, 0) is 43.3 Å². The van der Waals surface area contributed by atoms with Crippen molar-refractivity contribution < 1.29 is 14.3 Å². The van der Waals surface area contributed by atoms with E-state index in [1.165, 1.54) is 0 Å². The zero-order valence-corrected chi connectivity index (χ0v) is 17.4. The number of carbonyl (C=O) groups excluding carboxylic acids is 2. The van der Waals surface area contributed by atoms with E-state index in [9.17, 15) is 9.59 Å². The van der Waals surface area contributed by atoms with Crippen LogP contribution in [0.4, 0.5) is 10.5 Å². The second-order valence-corrected chi connectivity index (χ2v) is 7.24. The first-order valence-corrected chi connectivity index (χ1v) is 10.0. The van der Waals surface area contributed by atoms with Crippen LogP contribution in [0, 0.1) is 0 Å². The predicted octanol–water partition coefficient (Wildman–Crippen LogP) is 3.66. The number of benzene rings is 2. The van der Waals surface area contributed by atoms with Crippen molar-refractivity contribution in [3.8, 4) is 5.75 Å². The number of ketones is 1. The van der Waals surface area contributed by atoms with Gasteiger partial charge in [0.1, 0.15) is 5.75 Å². The molecule has 0 atom stereocenters. The minimum atomic E-state index is 0.00145. The first kappa shape index (κ1) is 20.9. The summed E-state index contributed by atoms with van der Waals surface area (Å²) in [6.45, 7) is 8.39. The largest absolute Gasteiger partial charge is 0.497 e. The highest BCUT2D eigenvalue weighted by molar-refractivity contribution is 5.94. The number of ether oxygens (including phenoxy) is 1. The molecule has 3 rings (SSSR count). The van der Waals surface area contributed by atoms with E-state index in [0.29, 0.717) is 12.1 Å². The monoisotopic (exact) mass is 395 g/mol. The Labute approximate surface area is 172 Å². The first-order chi connectivity index (χ1) is 14.0. The van der Waals surface area contributed by atoms with Crippen molar-refractivity contribution in [1.82, 2.24) is 9.80 Å². The number of anilines is 1. The molecule has 2 aromatic rings. The Morgan fingerprint density at radius 2 is 1.59 bits per heavy atom. The van der Waals surface area contributed by atoms with Gasteiger partial charge in [-0.25, -0.2) is 4.79 Å². The smallest absolute Gasteiger partial charge is 0.324 e. The molecule has 1 aliphatic rings. The van der Waals surface area contributed by atoms with Crippen LogP contribution in [0.1, 0.15) is 29.8 Å². The molecule has 0 aliphatic carbocycles. The molecule has 1 aliphatic heterocycles. The molecule has 0 unspecified atom stereocenters. The highest BCUT2D eigenvalue weighted by Crippen LogP contribution is 2.23. The van der Waals surface area contributed by atoms with Crippen molar-refractivity contribution in [2.75, 3.05) is 44.7 Å². The highest BCUT2D eigenvalue weighted by Gasteiger charge is 2.26. The molecule has 0 N–H and O–H groups in total. The van der Waals surface area contributed by atoms with Crippen LogP contribution in [-0.2, 0) is 6.54 Å². The second kappa shape index (κ2) is 9.56. The number of piperazine rings is 1. The molecule has 154 valence electrons. The quantitative estimate of drug-likeness (QED) is 0.701. The molecule has 1 heterocycles. The molecule has 0 radical (unpaired) electrons. The summed E-state index contributed by atoms with van der Waals surface area (Å²) in [5.74, 6) is 0.789. The fraction of sp³-hybridized carbons (Fsp3) is 0.391. The fourth-order valence-electron chi connectivity index (χ4n) is 3.49. The van der Waals surface area contributed by atoms with Gasteiger partial charge in [0.05, 0.1) is 13.7 Å². The van der Waals surface area contributed by atoms with Gasteiger partial charge in [0.2, 0.25) is 0 Å². The van der Waals surface area contributed by atoms with Crippen molar-refractivity contribution >= 4 is 17.5 Å². The Morgan fingerprint density at radius 1 is 0.966 bits per heavy atom. The Balaban J connectivity index is 1.82. The van der Waals surface area contributed by atoms with Gasteiger partial charge in [-0.15, -0.1) is 0 Å². The molecule has 1 fully saturated rings. The Morgan fingerprint density at radius 3 is 2.10 bits per heavy atom. The maximum absolute atomic E-state index is 13.4. The molecule has 29 heavy (non-hydrogen) atoms. The van der Waals surface area contributed by atoms with Crippen LogP contribution >= 0.6 is 0 Å². The number of likely N-dealkylation sites (N-methyl/N-ethyl adjacent to an activating group) is 1. The number of rotatable bonds is 6. The lowest BCUT2D eigenvalue weighted by Crippen LogP contribution is -2.52. The van der Waals surface area contributed by atoms with E-state index in [-0.39, 0.29) is 11.8 Å². The number of nitrogens with zero attached hydrogens (tertiary/aromatic N) is 3. The molecule has 2 aromatic carbocycles. The van der Waals surface area contributed by atoms with E-state index in [1.807, 2.05) is 53.4 Å². The predicted molar refractivity (Wildman–Crippen MR) is 115 cm³/mol. The number of urea groups is 1. The van der Waals surface area contributed by atoms with Gasteiger partial charge in [-0.3, -0.25) is 9.69 Å². The summed E-state index contributed by atoms with van der Waals surface area (Å²) < 4.78 is 5.25. The van der Waals surface area contributed by atoms with Crippen LogP contribution < -0.4 is 9.64 Å². The topological polar surface area (TPSA) is 53.1 Å². The molecule has 0 saturated carbocycles. The van der Waals surface area contributed by atoms with Gasteiger partial charge in [-0.2, -0.15) is 0 Å². The Hall–Kier alpha value is -2.86. The lowest BCUT2D eigenvalue weighted by molar-refractivity contribution is 0.101. The SMILES string of the molecule is CCN1CCN(C(=O)N(Cc2ccc(C(C)=O)cc2)c2ccc(OC)cc2)CC1. The number of amides is 2. The van der Waals surface area contributed by atoms with Crippen molar-refractivity contribution in [3.05, 3.63) is 59.7 Å². The zero-order chi connectivity index (χ0) is 20.8. The minimum absolute atomic E-state index is 0.00145. The molecule has 0 spiro atoms. The molecule has 0 aromatic heterocycles. The standard InChI is InChI=1S/C23H29N3O3/c1-4-24-13-15-25(16-14-24)23(28)26(21-9-11-22(29-3)12-10-21)17-19-5-7-20(8-6-19)18(2)27/h5-12H,4,13-17H2,1-3H3. The van der Waals surface area contributed by atoms with Crippen molar-refractivity contribution in [3.63, 3.8) is 0 Å². The third-order valence-electron chi connectivity index (χ3n) is 5.41. The molecule has 6 nitrogen and oxygen atoms in total. The summed E-state index contributed by atoms with van der Waals surface area (Å²) >= 11 is 0. The molecule has 0 bridgehead atoms. The lowest BCUT2D eigenvalue weighted by atomic mass is 10.1. The van der Waals surface area contributed by atoms with Crippen LogP contribution in [0.25, 0.3) is 0 Å². The van der Waals surface area contributed by atoms with Gasteiger partial charge >= 0.3 is 6.03 Å². The van der Waals surface area contributed by atoms with Crippen LogP contribution in [0.5, 0.6) is 5.75 Å². The Bertz CT molecular complexity index is 825. The average molecular weight is 396 g/mol. The molecule has 2 amide bonds. The third-order valence-corrected chi connectivity index (χ3v) is 5.41. The molecule has 6 heteroatoms. The van der Waals surface area contributed by atoms with Gasteiger partial charge in [0.25, 0.3) is 0 Å². The van der Waals surface area contributed by atoms with E-state index in [4.69, 9.17) is 4.74 Å². The average Bonchev–Trinajstić information content (AvgIpc) is 2.77. The normalized spacial score (nSPS) is 14.5. The van der Waals surface area contributed by atoms with Crippen LogP contribution in [-0.4, -0.2) is 61.4 Å². The number of carbonyl (C=O) groups is 2. The number of hydrogen-bond donors (Lipinski definition) is 0. The second-order valence-electron chi connectivity index (χ2n) is 7.24. The fourth-order valence-corrected chi connectivity index (χ4v) is 3.49. The summed E-state index contributed by atoms with van der Waals surface area (Å²) in [6.07, 6.45) is 0. The highest BCUT2D eigenvalue weighted by atomic mass is 16.5. The summed E-state index contributed by atoms with van der Waals surface area (Å²) in [7, 11) is 1.63. The van der Waals surface area contributed by atoms with Crippen molar-refractivity contribution in [1.29, 1.82) is 0 Å². The van der Waals surface area contributed by atoms with Gasteiger partial charge in [0, 0.05) is 37.4 Å². The first-order valence-electron chi connectivity index (χ1n) is 10.0.